The Labute approximate surface area is 216 Å². The van der Waals surface area contributed by atoms with E-state index in [0.29, 0.717) is 51.9 Å². The van der Waals surface area contributed by atoms with E-state index in [4.69, 9.17) is 4.42 Å². The number of phenolic OH excluding ortho intramolecular Hbond substituents is 1. The van der Waals surface area contributed by atoms with E-state index in [1.807, 2.05) is 41.0 Å². The average Bonchev–Trinajstić information content (AvgIpc) is 3.30. The van der Waals surface area contributed by atoms with Crippen LogP contribution in [-0.4, -0.2) is 32.6 Å². The van der Waals surface area contributed by atoms with Crippen molar-refractivity contribution < 1.29 is 9.52 Å². The number of nitrogens with zero attached hydrogens (tertiary/aromatic N) is 3. The van der Waals surface area contributed by atoms with Gasteiger partial charge in [-0.25, -0.2) is 4.98 Å². The molecule has 0 spiro atoms. The summed E-state index contributed by atoms with van der Waals surface area (Å²) in [5.41, 5.74) is 3.39. The Balaban J connectivity index is 1.28. The van der Waals surface area contributed by atoms with Gasteiger partial charge in [-0.1, -0.05) is 18.2 Å². The van der Waals surface area contributed by atoms with Crippen LogP contribution in [0.15, 0.2) is 68.6 Å². The second kappa shape index (κ2) is 8.39. The third-order valence-electron chi connectivity index (χ3n) is 7.76. The monoisotopic (exact) mass is 511 g/mol. The minimum atomic E-state index is -0.136. The lowest BCUT2D eigenvalue weighted by Gasteiger charge is -2.42. The molecule has 2 aliphatic heterocycles. The van der Waals surface area contributed by atoms with Gasteiger partial charge in [-0.2, -0.15) is 0 Å². The molecule has 7 rings (SSSR count). The SMILES string of the molecule is Cc1oc2c(CN3C[C@H]4C[C@H](C3)c3cccc(=O)n3C4)c(O)ccc2c(=O)c1-c1nc2ccccc2s1. The van der Waals surface area contributed by atoms with Crippen molar-refractivity contribution >= 4 is 32.5 Å². The van der Waals surface area contributed by atoms with Gasteiger partial charge in [0.05, 0.1) is 26.7 Å². The quantitative estimate of drug-likeness (QED) is 0.372. The number of phenols is 1. The summed E-state index contributed by atoms with van der Waals surface area (Å²) in [7, 11) is 0. The molecule has 1 saturated heterocycles. The topological polar surface area (TPSA) is 88.6 Å². The smallest absolute Gasteiger partial charge is 0.250 e. The first kappa shape index (κ1) is 22.4. The molecule has 2 bridgehead atoms. The molecule has 0 amide bonds. The highest BCUT2D eigenvalue weighted by molar-refractivity contribution is 7.21. The first-order valence-electron chi connectivity index (χ1n) is 12.5. The fourth-order valence-corrected chi connectivity index (χ4v) is 7.20. The molecule has 2 aromatic carbocycles. The average molecular weight is 512 g/mol. The molecule has 1 fully saturated rings. The van der Waals surface area contributed by atoms with E-state index in [1.165, 1.54) is 11.3 Å². The Bertz CT molecular complexity index is 1790. The molecule has 1 N–H and O–H groups in total. The number of benzene rings is 2. The van der Waals surface area contributed by atoms with Crippen LogP contribution in [0.2, 0.25) is 0 Å². The maximum atomic E-state index is 13.7. The lowest BCUT2D eigenvalue weighted by molar-refractivity contribution is 0.113. The highest BCUT2D eigenvalue weighted by atomic mass is 32.1. The van der Waals surface area contributed by atoms with E-state index in [9.17, 15) is 14.7 Å². The number of pyridine rings is 1. The Morgan fingerprint density at radius 2 is 1.92 bits per heavy atom. The molecule has 2 aliphatic rings. The van der Waals surface area contributed by atoms with E-state index in [2.05, 4.69) is 9.88 Å². The van der Waals surface area contributed by atoms with Crippen LogP contribution in [0.25, 0.3) is 31.8 Å². The van der Waals surface area contributed by atoms with Gasteiger partial charge in [-0.05, 0) is 49.6 Å². The molecule has 2 atom stereocenters. The summed E-state index contributed by atoms with van der Waals surface area (Å²) in [6.07, 6.45) is 1.06. The van der Waals surface area contributed by atoms with Gasteiger partial charge in [0, 0.05) is 43.9 Å². The second-order valence-corrected chi connectivity index (χ2v) is 11.2. The summed E-state index contributed by atoms with van der Waals surface area (Å²) in [5.74, 6) is 1.24. The van der Waals surface area contributed by atoms with Gasteiger partial charge in [-0.3, -0.25) is 14.5 Å². The van der Waals surface area contributed by atoms with Gasteiger partial charge < -0.3 is 14.1 Å². The van der Waals surface area contributed by atoms with E-state index in [0.717, 1.165) is 35.4 Å². The zero-order chi connectivity index (χ0) is 25.3. The molecule has 3 aromatic heterocycles. The maximum Gasteiger partial charge on any atom is 0.250 e. The van der Waals surface area contributed by atoms with Crippen LogP contribution in [-0.2, 0) is 13.1 Å². The molecule has 0 saturated carbocycles. The molecule has 0 radical (unpaired) electrons. The molecule has 8 heteroatoms. The number of aromatic hydroxyl groups is 1. The van der Waals surface area contributed by atoms with Crippen molar-refractivity contribution in [1.29, 1.82) is 0 Å². The fraction of sp³-hybridized carbons (Fsp3) is 0.276. The van der Waals surface area contributed by atoms with E-state index in [1.54, 1.807) is 25.1 Å². The first-order valence-corrected chi connectivity index (χ1v) is 13.3. The Kier molecular flexibility index (Phi) is 5.09. The molecule has 186 valence electrons. The molecule has 0 aliphatic carbocycles. The van der Waals surface area contributed by atoms with Gasteiger partial charge in [0.1, 0.15) is 22.1 Å². The van der Waals surface area contributed by atoms with Gasteiger partial charge in [0.15, 0.2) is 0 Å². The normalized spacial score (nSPS) is 19.4. The van der Waals surface area contributed by atoms with Crippen LogP contribution in [0, 0.1) is 12.8 Å². The van der Waals surface area contributed by atoms with Gasteiger partial charge >= 0.3 is 0 Å². The van der Waals surface area contributed by atoms with Crippen molar-refractivity contribution in [2.45, 2.75) is 32.4 Å². The molecule has 0 unspecified atom stereocenters. The number of piperidine rings is 1. The number of hydrogen-bond donors (Lipinski definition) is 1. The van der Waals surface area contributed by atoms with Gasteiger partial charge in [0.25, 0.3) is 5.56 Å². The van der Waals surface area contributed by atoms with Crippen LogP contribution in [0.4, 0.5) is 0 Å². The minimum Gasteiger partial charge on any atom is -0.507 e. The maximum absolute atomic E-state index is 13.7. The van der Waals surface area contributed by atoms with Crippen molar-refractivity contribution in [3.05, 3.63) is 92.2 Å². The highest BCUT2D eigenvalue weighted by Crippen LogP contribution is 2.38. The molecule has 7 nitrogen and oxygen atoms in total. The number of para-hydroxylation sites is 1. The Morgan fingerprint density at radius 3 is 2.78 bits per heavy atom. The standard InChI is InChI=1S/C29H25N3O4S/c1-16-26(29-30-21-5-2-3-7-24(21)37-29)27(35)19-9-10-23(33)20(28(19)36-16)15-31-12-17-11-18(14-31)22-6-4-8-25(34)32(22)13-17/h2-10,17-18,33H,11-15H2,1H3/t17-,18-/m1/s1. The number of rotatable bonds is 3. The zero-order valence-electron chi connectivity index (χ0n) is 20.3. The van der Waals surface area contributed by atoms with Crippen molar-refractivity contribution in [2.24, 2.45) is 5.92 Å². The molecule has 5 heterocycles. The summed E-state index contributed by atoms with van der Waals surface area (Å²) < 4.78 is 9.21. The van der Waals surface area contributed by atoms with Crippen molar-refractivity contribution in [2.75, 3.05) is 13.1 Å². The van der Waals surface area contributed by atoms with E-state index in [-0.39, 0.29) is 22.7 Å². The molecular weight excluding hydrogens is 486 g/mol. The summed E-state index contributed by atoms with van der Waals surface area (Å²) >= 11 is 1.47. The summed E-state index contributed by atoms with van der Waals surface area (Å²) in [6, 6.07) is 16.6. The number of fused-ring (bicyclic) bond motifs is 6. The minimum absolute atomic E-state index is 0.0635. The Hall–Kier alpha value is -3.75. The number of hydrogen-bond acceptors (Lipinski definition) is 7. The van der Waals surface area contributed by atoms with Crippen LogP contribution in [0.5, 0.6) is 5.75 Å². The number of aromatic nitrogens is 2. The van der Waals surface area contributed by atoms with Crippen LogP contribution >= 0.6 is 11.3 Å². The predicted molar refractivity (Wildman–Crippen MR) is 144 cm³/mol. The van der Waals surface area contributed by atoms with Crippen molar-refractivity contribution in [1.82, 2.24) is 14.5 Å². The summed E-state index contributed by atoms with van der Waals surface area (Å²) in [5, 5.41) is 11.9. The predicted octanol–water partition coefficient (Wildman–Crippen LogP) is 4.86. The van der Waals surface area contributed by atoms with Gasteiger partial charge in [0.2, 0.25) is 5.43 Å². The summed E-state index contributed by atoms with van der Waals surface area (Å²) in [6.45, 7) is 4.57. The van der Waals surface area contributed by atoms with Crippen molar-refractivity contribution in [3.63, 3.8) is 0 Å². The van der Waals surface area contributed by atoms with Crippen molar-refractivity contribution in [3.8, 4) is 16.3 Å². The zero-order valence-corrected chi connectivity index (χ0v) is 21.1. The molecular formula is C29H25N3O4S. The van der Waals surface area contributed by atoms with Crippen LogP contribution in [0.3, 0.4) is 0 Å². The third kappa shape index (κ3) is 3.62. The number of thiazole rings is 1. The first-order chi connectivity index (χ1) is 18.0. The number of aryl methyl sites for hydroxylation is 1. The van der Waals surface area contributed by atoms with E-state index >= 15 is 0 Å². The van der Waals surface area contributed by atoms with Crippen LogP contribution in [0.1, 0.15) is 29.4 Å². The number of likely N-dealkylation sites (tertiary alicyclic amines) is 1. The molecule has 5 aromatic rings. The highest BCUT2D eigenvalue weighted by Gasteiger charge is 2.35. The second-order valence-electron chi connectivity index (χ2n) is 10.2. The third-order valence-corrected chi connectivity index (χ3v) is 8.81. The largest absolute Gasteiger partial charge is 0.507 e. The fourth-order valence-electron chi connectivity index (χ4n) is 6.14. The molecule has 37 heavy (non-hydrogen) atoms. The summed E-state index contributed by atoms with van der Waals surface area (Å²) in [4.78, 5) is 33.1. The van der Waals surface area contributed by atoms with E-state index < -0.39 is 0 Å². The van der Waals surface area contributed by atoms with Crippen LogP contribution < -0.4 is 11.0 Å². The lowest BCUT2D eigenvalue weighted by Crippen LogP contribution is -2.46. The lowest BCUT2D eigenvalue weighted by atomic mass is 9.83. The van der Waals surface area contributed by atoms with Gasteiger partial charge in [-0.15, -0.1) is 11.3 Å². The Morgan fingerprint density at radius 1 is 1.05 bits per heavy atom.